The van der Waals surface area contributed by atoms with Gasteiger partial charge in [-0.2, -0.15) is 5.10 Å². The number of nitrogens with zero attached hydrogens (tertiary/aromatic N) is 5. The molecule has 0 aliphatic rings. The second-order valence-corrected chi connectivity index (χ2v) is 6.13. The van der Waals surface area contributed by atoms with E-state index in [1.54, 1.807) is 23.2 Å². The smallest absolute Gasteiger partial charge is 0.169 e. The fourth-order valence-corrected chi connectivity index (χ4v) is 2.80. The van der Waals surface area contributed by atoms with Crippen molar-refractivity contribution in [2.24, 2.45) is 0 Å². The average molecular weight is 384 g/mol. The third-order valence-corrected chi connectivity index (χ3v) is 4.24. The number of benzene rings is 1. The Morgan fingerprint density at radius 1 is 1.08 bits per heavy atom. The van der Waals surface area contributed by atoms with Gasteiger partial charge >= 0.3 is 0 Å². The molecule has 1 aromatic carbocycles. The molecule has 24 heavy (non-hydrogen) atoms. The van der Waals surface area contributed by atoms with Crippen LogP contribution in [-0.2, 0) is 6.54 Å². The average Bonchev–Trinajstić information content (AvgIpc) is 3.26. The molecule has 0 amide bonds. The summed E-state index contributed by atoms with van der Waals surface area (Å²) in [6.07, 6.45) is 11.0. The molecule has 0 atom stereocenters. The van der Waals surface area contributed by atoms with Gasteiger partial charge in [-0.3, -0.25) is 0 Å². The second kappa shape index (κ2) is 6.45. The Morgan fingerprint density at radius 3 is 2.75 bits per heavy atom. The Labute approximate surface area is 146 Å². The summed E-state index contributed by atoms with van der Waals surface area (Å²) in [5.41, 5.74) is 2.87. The van der Waals surface area contributed by atoms with Crippen LogP contribution >= 0.6 is 15.9 Å². The lowest BCUT2D eigenvalue weighted by atomic mass is 10.1. The zero-order valence-electron chi connectivity index (χ0n) is 12.7. The van der Waals surface area contributed by atoms with Gasteiger partial charge in [-0.05, 0) is 33.6 Å². The summed E-state index contributed by atoms with van der Waals surface area (Å²) in [7, 11) is 0. The van der Waals surface area contributed by atoms with E-state index >= 15 is 0 Å². The molecular formula is C17H14BrN5O. The molecule has 0 saturated carbocycles. The monoisotopic (exact) mass is 383 g/mol. The first kappa shape index (κ1) is 14.9. The number of imidazole rings is 1. The summed E-state index contributed by atoms with van der Waals surface area (Å²) in [6, 6.07) is 7.97. The normalized spacial score (nSPS) is 11.0. The number of halogens is 1. The standard InChI is InChI=1S/C17H14BrN5O/c18-16-10-21-23-11-14(9-20-17(16)23)13-1-3-15(4-2-13)24-8-7-22-6-5-19-12-22/h1-6,9-12H,7-8H2. The van der Waals surface area contributed by atoms with Gasteiger partial charge < -0.3 is 9.30 Å². The molecule has 120 valence electrons. The third-order valence-electron chi connectivity index (χ3n) is 3.68. The summed E-state index contributed by atoms with van der Waals surface area (Å²) >= 11 is 3.43. The maximum Gasteiger partial charge on any atom is 0.169 e. The van der Waals surface area contributed by atoms with Crippen LogP contribution in [0.2, 0.25) is 0 Å². The van der Waals surface area contributed by atoms with Crippen molar-refractivity contribution >= 4 is 21.6 Å². The van der Waals surface area contributed by atoms with Crippen molar-refractivity contribution in [2.75, 3.05) is 6.61 Å². The highest BCUT2D eigenvalue weighted by atomic mass is 79.9. The van der Waals surface area contributed by atoms with Crippen molar-refractivity contribution in [2.45, 2.75) is 6.54 Å². The van der Waals surface area contributed by atoms with Gasteiger partial charge in [0.25, 0.3) is 0 Å². The van der Waals surface area contributed by atoms with Crippen LogP contribution < -0.4 is 4.74 Å². The molecule has 0 radical (unpaired) electrons. The van der Waals surface area contributed by atoms with Crippen LogP contribution in [0.1, 0.15) is 0 Å². The lowest BCUT2D eigenvalue weighted by molar-refractivity contribution is 0.298. The Morgan fingerprint density at radius 2 is 1.96 bits per heavy atom. The molecule has 3 heterocycles. The molecule has 4 aromatic rings. The van der Waals surface area contributed by atoms with E-state index in [-0.39, 0.29) is 0 Å². The topological polar surface area (TPSA) is 57.2 Å². The lowest BCUT2D eigenvalue weighted by Gasteiger charge is -2.08. The van der Waals surface area contributed by atoms with Gasteiger partial charge in [-0.15, -0.1) is 0 Å². The highest BCUT2D eigenvalue weighted by Gasteiger charge is 2.05. The highest BCUT2D eigenvalue weighted by Crippen LogP contribution is 2.23. The first-order valence-corrected chi connectivity index (χ1v) is 8.27. The van der Waals surface area contributed by atoms with Crippen LogP contribution in [0.3, 0.4) is 0 Å². The molecule has 7 heteroatoms. The SMILES string of the molecule is Brc1cnn2cc(-c3ccc(OCCn4ccnc4)cc3)cnc12. The van der Waals surface area contributed by atoms with Gasteiger partial charge in [0.2, 0.25) is 0 Å². The minimum Gasteiger partial charge on any atom is -0.492 e. The molecule has 6 nitrogen and oxygen atoms in total. The number of rotatable bonds is 5. The minimum atomic E-state index is 0.602. The van der Waals surface area contributed by atoms with Gasteiger partial charge in [0, 0.05) is 30.4 Å². The zero-order valence-corrected chi connectivity index (χ0v) is 14.3. The van der Waals surface area contributed by atoms with Crippen LogP contribution in [-0.4, -0.2) is 30.8 Å². The van der Waals surface area contributed by atoms with E-state index < -0.39 is 0 Å². The van der Waals surface area contributed by atoms with Crippen molar-refractivity contribution in [3.8, 4) is 16.9 Å². The predicted molar refractivity (Wildman–Crippen MR) is 93.8 cm³/mol. The largest absolute Gasteiger partial charge is 0.492 e. The van der Waals surface area contributed by atoms with Crippen LogP contribution in [0.4, 0.5) is 0 Å². The van der Waals surface area contributed by atoms with E-state index in [4.69, 9.17) is 4.74 Å². The van der Waals surface area contributed by atoms with E-state index in [1.165, 1.54) is 0 Å². The number of fused-ring (bicyclic) bond motifs is 1. The van der Waals surface area contributed by atoms with Gasteiger partial charge in [0.1, 0.15) is 12.4 Å². The lowest BCUT2D eigenvalue weighted by Crippen LogP contribution is -2.06. The summed E-state index contributed by atoms with van der Waals surface area (Å²) in [6.45, 7) is 1.38. The van der Waals surface area contributed by atoms with Crippen LogP contribution in [0.15, 0.2) is 66.0 Å². The first-order chi connectivity index (χ1) is 11.8. The third kappa shape index (κ3) is 3.03. The minimum absolute atomic E-state index is 0.602. The van der Waals surface area contributed by atoms with E-state index in [0.29, 0.717) is 6.61 Å². The number of aromatic nitrogens is 5. The van der Waals surface area contributed by atoms with Crippen molar-refractivity contribution in [1.82, 2.24) is 24.1 Å². The molecule has 0 fully saturated rings. The van der Waals surface area contributed by atoms with E-state index in [9.17, 15) is 0 Å². The first-order valence-electron chi connectivity index (χ1n) is 7.47. The van der Waals surface area contributed by atoms with Crippen molar-refractivity contribution in [3.63, 3.8) is 0 Å². The molecule has 0 bridgehead atoms. The second-order valence-electron chi connectivity index (χ2n) is 5.28. The fourth-order valence-electron chi connectivity index (χ4n) is 2.43. The number of hydrogen-bond acceptors (Lipinski definition) is 4. The Bertz CT molecular complexity index is 947. The molecule has 0 aliphatic carbocycles. The predicted octanol–water partition coefficient (Wildman–Crippen LogP) is 3.43. The Hall–Kier alpha value is -2.67. The van der Waals surface area contributed by atoms with E-state index in [0.717, 1.165) is 33.5 Å². The van der Waals surface area contributed by atoms with Gasteiger partial charge in [0.05, 0.1) is 23.5 Å². The Kier molecular flexibility index (Phi) is 4.00. The van der Waals surface area contributed by atoms with Crippen molar-refractivity contribution in [3.05, 3.63) is 66.0 Å². The molecule has 0 saturated heterocycles. The van der Waals surface area contributed by atoms with Crippen molar-refractivity contribution in [1.29, 1.82) is 0 Å². The van der Waals surface area contributed by atoms with Gasteiger partial charge in [-0.25, -0.2) is 14.5 Å². The highest BCUT2D eigenvalue weighted by molar-refractivity contribution is 9.10. The number of hydrogen-bond donors (Lipinski definition) is 0. The molecular weight excluding hydrogens is 370 g/mol. The molecule has 0 aliphatic heterocycles. The molecule has 0 N–H and O–H groups in total. The van der Waals surface area contributed by atoms with Crippen LogP contribution in [0, 0.1) is 0 Å². The number of ether oxygens (including phenoxy) is 1. The maximum absolute atomic E-state index is 5.76. The summed E-state index contributed by atoms with van der Waals surface area (Å²) in [4.78, 5) is 8.44. The van der Waals surface area contributed by atoms with Crippen LogP contribution in [0.5, 0.6) is 5.75 Å². The van der Waals surface area contributed by atoms with Crippen molar-refractivity contribution < 1.29 is 4.74 Å². The quantitative estimate of drug-likeness (QED) is 0.529. The zero-order chi connectivity index (χ0) is 16.4. The maximum atomic E-state index is 5.76. The van der Waals surface area contributed by atoms with E-state index in [1.807, 2.05) is 47.4 Å². The fraction of sp³-hybridized carbons (Fsp3) is 0.118. The summed E-state index contributed by atoms with van der Waals surface area (Å²) in [5.74, 6) is 0.842. The summed E-state index contributed by atoms with van der Waals surface area (Å²) < 4.78 is 10.4. The Balaban J connectivity index is 1.46. The summed E-state index contributed by atoms with van der Waals surface area (Å²) in [5, 5.41) is 4.26. The molecule has 0 unspecified atom stereocenters. The van der Waals surface area contributed by atoms with Crippen LogP contribution in [0.25, 0.3) is 16.8 Å². The van der Waals surface area contributed by atoms with E-state index in [2.05, 4.69) is 31.0 Å². The molecule has 4 rings (SSSR count). The van der Waals surface area contributed by atoms with Gasteiger partial charge in [0.15, 0.2) is 5.65 Å². The molecule has 3 aromatic heterocycles. The van der Waals surface area contributed by atoms with Gasteiger partial charge in [-0.1, -0.05) is 12.1 Å². The molecule has 0 spiro atoms.